The highest BCUT2D eigenvalue weighted by atomic mass is 33.1. The minimum Gasteiger partial charge on any atom is -0.490 e. The molecule has 2 amide bonds. The summed E-state index contributed by atoms with van der Waals surface area (Å²) < 4.78 is 17.0. The molecule has 0 aromatic carbocycles. The molecule has 0 saturated carbocycles. The Morgan fingerprint density at radius 1 is 1.18 bits per heavy atom. The van der Waals surface area contributed by atoms with E-state index in [4.69, 9.17) is 14.2 Å². The van der Waals surface area contributed by atoms with Gasteiger partial charge in [-0.2, -0.15) is 0 Å². The van der Waals surface area contributed by atoms with Crippen LogP contribution >= 0.6 is 21.6 Å². The Bertz CT molecular complexity index is 702. The van der Waals surface area contributed by atoms with Gasteiger partial charge in [0, 0.05) is 25.1 Å². The van der Waals surface area contributed by atoms with Crippen molar-refractivity contribution in [1.29, 1.82) is 0 Å². The fourth-order valence-electron chi connectivity index (χ4n) is 2.14. The zero-order chi connectivity index (χ0) is 24.7. The molecule has 33 heavy (non-hydrogen) atoms. The largest absolute Gasteiger partial charge is 0.490 e. The number of carbonyl (C=O) groups is 2. The lowest BCUT2D eigenvalue weighted by Gasteiger charge is -2.17. The number of hydrogen-bond donors (Lipinski definition) is 3. The summed E-state index contributed by atoms with van der Waals surface area (Å²) in [5.41, 5.74) is 0.170. The lowest BCUT2D eigenvalue weighted by molar-refractivity contribution is -0.126. The first-order chi connectivity index (χ1) is 16.0. The van der Waals surface area contributed by atoms with Crippen molar-refractivity contribution in [3.63, 3.8) is 0 Å². The van der Waals surface area contributed by atoms with E-state index in [0.29, 0.717) is 37.6 Å². The Balaban J connectivity index is 4.45. The van der Waals surface area contributed by atoms with Gasteiger partial charge in [-0.1, -0.05) is 47.1 Å². The van der Waals surface area contributed by atoms with Gasteiger partial charge >= 0.3 is 0 Å². The van der Waals surface area contributed by atoms with Gasteiger partial charge in [-0.15, -0.1) is 5.92 Å². The average molecular weight is 500 g/mol. The van der Waals surface area contributed by atoms with E-state index in [1.54, 1.807) is 22.9 Å². The van der Waals surface area contributed by atoms with Crippen molar-refractivity contribution >= 4 is 33.4 Å². The van der Waals surface area contributed by atoms with Crippen molar-refractivity contribution in [2.75, 3.05) is 59.4 Å². The van der Waals surface area contributed by atoms with Gasteiger partial charge in [0.15, 0.2) is 0 Å². The van der Waals surface area contributed by atoms with E-state index < -0.39 is 0 Å². The monoisotopic (exact) mass is 499 g/mol. The van der Waals surface area contributed by atoms with E-state index in [-0.39, 0.29) is 37.1 Å². The highest BCUT2D eigenvalue weighted by Gasteiger charge is 2.13. The summed E-state index contributed by atoms with van der Waals surface area (Å²) in [6.07, 6.45) is 7.63. The first-order valence-corrected chi connectivity index (χ1v) is 13.3. The summed E-state index contributed by atoms with van der Waals surface area (Å²) in [6.45, 7) is 9.85. The zero-order valence-corrected chi connectivity index (χ0v) is 21.7. The van der Waals surface area contributed by atoms with Crippen LogP contribution in [-0.4, -0.2) is 76.6 Å². The molecule has 0 spiro atoms. The number of carbonyl (C=O) groups excluding carboxylic acids is 2. The molecular weight excluding hydrogens is 462 g/mol. The van der Waals surface area contributed by atoms with E-state index in [9.17, 15) is 9.59 Å². The second-order valence-electron chi connectivity index (χ2n) is 6.26. The van der Waals surface area contributed by atoms with Crippen LogP contribution in [0, 0.1) is 11.8 Å². The molecule has 0 aromatic rings. The second-order valence-corrected chi connectivity index (χ2v) is 8.89. The maximum Gasteiger partial charge on any atom is 0.251 e. The highest BCUT2D eigenvalue weighted by Crippen LogP contribution is 2.25. The molecule has 0 saturated heterocycles. The van der Waals surface area contributed by atoms with Gasteiger partial charge in [0.2, 0.25) is 5.91 Å². The molecule has 1 atom stereocenters. The topological polar surface area (TPSA) is 97.9 Å². The van der Waals surface area contributed by atoms with Gasteiger partial charge in [-0.05, 0) is 32.4 Å². The van der Waals surface area contributed by atoms with Crippen molar-refractivity contribution in [2.45, 2.75) is 25.7 Å². The van der Waals surface area contributed by atoms with Crippen molar-refractivity contribution in [3.8, 4) is 11.8 Å². The Hall–Kier alpha value is -1.90. The number of nitrogens with one attached hydrogen (secondary N) is 3. The molecule has 0 fully saturated rings. The third-order valence-electron chi connectivity index (χ3n) is 3.75. The summed E-state index contributed by atoms with van der Waals surface area (Å²) in [6, 6.07) is 0. The van der Waals surface area contributed by atoms with E-state index in [2.05, 4.69) is 34.4 Å². The molecule has 3 N–H and O–H groups in total. The highest BCUT2D eigenvalue weighted by molar-refractivity contribution is 8.76. The van der Waals surface area contributed by atoms with Crippen molar-refractivity contribution in [3.05, 3.63) is 36.1 Å². The van der Waals surface area contributed by atoms with Crippen LogP contribution < -0.4 is 16.0 Å². The molecule has 0 aliphatic heterocycles. The Morgan fingerprint density at radius 3 is 2.61 bits per heavy atom. The summed E-state index contributed by atoms with van der Waals surface area (Å²) in [5, 5.41) is 8.44. The quantitative estimate of drug-likeness (QED) is 0.0503. The SMILES string of the molecule is C=C/C(=C\C(=C/C)OCC(OCCOCC(=O)NCC#CCC)SSC)C(=O)NCCNC. The van der Waals surface area contributed by atoms with Crippen LogP contribution in [0.3, 0.4) is 0 Å². The first-order valence-electron chi connectivity index (χ1n) is 10.7. The summed E-state index contributed by atoms with van der Waals surface area (Å²) in [4.78, 5) is 23.9. The Labute approximate surface area is 206 Å². The van der Waals surface area contributed by atoms with Gasteiger partial charge in [0.05, 0.1) is 19.8 Å². The predicted octanol–water partition coefficient (Wildman–Crippen LogP) is 2.25. The maximum absolute atomic E-state index is 12.2. The van der Waals surface area contributed by atoms with E-state index in [0.717, 1.165) is 6.42 Å². The first kappa shape index (κ1) is 31.1. The number of hydrogen-bond acceptors (Lipinski definition) is 8. The number of allylic oxidation sites excluding steroid dienone is 2. The van der Waals surface area contributed by atoms with Crippen LogP contribution in [0.5, 0.6) is 0 Å². The van der Waals surface area contributed by atoms with E-state index in [1.165, 1.54) is 16.9 Å². The second kappa shape index (κ2) is 21.9. The molecule has 0 radical (unpaired) electrons. The zero-order valence-electron chi connectivity index (χ0n) is 20.0. The van der Waals surface area contributed by atoms with Crippen LogP contribution in [0.1, 0.15) is 20.3 Å². The summed E-state index contributed by atoms with van der Waals surface area (Å²) in [5.74, 6) is 5.84. The normalized spacial score (nSPS) is 12.4. The third-order valence-corrected chi connectivity index (χ3v) is 5.66. The number of amides is 2. The standard InChI is InChI=1S/C23H37N3O5S2/c1-6-9-10-11-25-21(27)17-29-14-15-30-22(33-32-5)18-31-20(8-3)16-19(7-2)23(28)26-13-12-24-4/h7-8,16,22,24H,2,6,11-15,17-18H2,1,3-5H3,(H,25,27)(H,26,28)/b19-16+,20-8+. The van der Waals surface area contributed by atoms with Crippen LogP contribution in [0.15, 0.2) is 36.1 Å². The average Bonchev–Trinajstić information content (AvgIpc) is 2.81. The predicted molar refractivity (Wildman–Crippen MR) is 138 cm³/mol. The number of rotatable bonds is 18. The van der Waals surface area contributed by atoms with Gasteiger partial charge in [0.25, 0.3) is 5.91 Å². The van der Waals surface area contributed by atoms with Crippen LogP contribution in [-0.2, 0) is 23.8 Å². The van der Waals surface area contributed by atoms with Gasteiger partial charge < -0.3 is 30.2 Å². The Kier molecular flexibility index (Phi) is 20.7. The number of likely N-dealkylation sites (N-methyl/N-ethyl adjacent to an activating group) is 1. The lowest BCUT2D eigenvalue weighted by Crippen LogP contribution is -2.31. The van der Waals surface area contributed by atoms with Gasteiger partial charge in [0.1, 0.15) is 24.4 Å². The molecule has 0 aliphatic carbocycles. The lowest BCUT2D eigenvalue weighted by atomic mass is 10.2. The van der Waals surface area contributed by atoms with Gasteiger partial charge in [-0.3, -0.25) is 9.59 Å². The molecular formula is C23H37N3O5S2. The van der Waals surface area contributed by atoms with Crippen molar-refractivity contribution < 1.29 is 23.8 Å². The molecule has 0 aromatic heterocycles. The molecule has 1 unspecified atom stereocenters. The molecule has 186 valence electrons. The molecule has 0 rings (SSSR count). The molecule has 0 heterocycles. The molecule has 8 nitrogen and oxygen atoms in total. The summed E-state index contributed by atoms with van der Waals surface area (Å²) >= 11 is 0. The molecule has 0 bridgehead atoms. The summed E-state index contributed by atoms with van der Waals surface area (Å²) in [7, 11) is 4.90. The minimum atomic E-state index is -0.248. The van der Waals surface area contributed by atoms with Crippen LogP contribution in [0.25, 0.3) is 0 Å². The maximum atomic E-state index is 12.2. The van der Waals surface area contributed by atoms with Gasteiger partial charge in [-0.25, -0.2) is 0 Å². The van der Waals surface area contributed by atoms with Crippen molar-refractivity contribution in [1.82, 2.24) is 16.0 Å². The molecule has 10 heteroatoms. The van der Waals surface area contributed by atoms with E-state index in [1.807, 2.05) is 27.2 Å². The van der Waals surface area contributed by atoms with E-state index >= 15 is 0 Å². The van der Waals surface area contributed by atoms with Crippen LogP contribution in [0.2, 0.25) is 0 Å². The fourth-order valence-corrected chi connectivity index (χ4v) is 3.61. The smallest absolute Gasteiger partial charge is 0.251 e. The Morgan fingerprint density at radius 2 is 1.97 bits per heavy atom. The minimum absolute atomic E-state index is 0.0395. The third kappa shape index (κ3) is 17.3. The van der Waals surface area contributed by atoms with Crippen LogP contribution in [0.4, 0.5) is 0 Å². The fraction of sp³-hybridized carbons (Fsp3) is 0.565. The van der Waals surface area contributed by atoms with Crippen molar-refractivity contribution in [2.24, 2.45) is 0 Å². The molecule has 0 aliphatic rings. The number of ether oxygens (including phenoxy) is 3.